The number of methoxy groups -OCH3 is 1. The number of nitrogen functional groups attached to an aromatic ring is 1. The lowest BCUT2D eigenvalue weighted by atomic mass is 9.98. The molecule has 3 heterocycles. The molecule has 0 amide bonds. The maximum Gasteiger partial charge on any atom is 0.309 e. The van der Waals surface area contributed by atoms with Crippen molar-refractivity contribution in [3.63, 3.8) is 0 Å². The Balaban J connectivity index is 1.52. The molecule has 2 radical (unpaired) electrons. The first-order valence-electron chi connectivity index (χ1n) is 10.1. The van der Waals surface area contributed by atoms with E-state index in [4.69, 9.17) is 23.1 Å². The second kappa shape index (κ2) is 8.27. The molecule has 2 aromatic carbocycles. The van der Waals surface area contributed by atoms with E-state index in [2.05, 4.69) is 15.1 Å². The van der Waals surface area contributed by atoms with Gasteiger partial charge in [0.2, 0.25) is 5.88 Å². The van der Waals surface area contributed by atoms with E-state index in [1.165, 1.54) is 11.6 Å². The minimum Gasteiger partial charge on any atom is -0.469 e. The van der Waals surface area contributed by atoms with Crippen LogP contribution in [0, 0.1) is 0 Å². The summed E-state index contributed by atoms with van der Waals surface area (Å²) in [5, 5.41) is 5.35. The first kappa shape index (κ1) is 20.5. The molecule has 9 heteroatoms. The Bertz CT molecular complexity index is 1500. The molecule has 0 aliphatic heterocycles. The topological polar surface area (TPSA) is 105 Å². The van der Waals surface area contributed by atoms with Gasteiger partial charge in [-0.2, -0.15) is 14.6 Å². The Hall–Kier alpha value is -4.40. The molecular weight excluding hydrogens is 417 g/mol. The van der Waals surface area contributed by atoms with Crippen molar-refractivity contribution in [3.8, 4) is 22.8 Å². The summed E-state index contributed by atoms with van der Waals surface area (Å²) >= 11 is 0. The number of aromatic nitrogens is 4. The van der Waals surface area contributed by atoms with Crippen LogP contribution in [0.3, 0.4) is 0 Å². The number of para-hydroxylation sites is 1. The number of carbonyl (C=O) groups excluding carboxylic acids is 1. The van der Waals surface area contributed by atoms with Crippen LogP contribution in [-0.4, -0.2) is 40.5 Å². The van der Waals surface area contributed by atoms with Crippen molar-refractivity contribution in [1.29, 1.82) is 0 Å². The molecule has 0 saturated carbocycles. The fourth-order valence-electron chi connectivity index (χ4n) is 3.53. The number of anilines is 1. The highest BCUT2D eigenvalue weighted by molar-refractivity contribution is 6.37. The van der Waals surface area contributed by atoms with Gasteiger partial charge in [0.05, 0.1) is 25.2 Å². The van der Waals surface area contributed by atoms with Crippen molar-refractivity contribution >= 4 is 41.6 Å². The molecule has 0 atom stereocenters. The predicted octanol–water partition coefficient (Wildman–Crippen LogP) is 2.83. The normalized spacial score (nSPS) is 11.1. The van der Waals surface area contributed by atoms with E-state index in [1.807, 2.05) is 30.3 Å². The zero-order valence-electron chi connectivity index (χ0n) is 17.7. The molecule has 2 N–H and O–H groups in total. The first-order chi connectivity index (χ1) is 16.0. The van der Waals surface area contributed by atoms with E-state index in [9.17, 15) is 4.79 Å². The lowest BCUT2D eigenvalue weighted by Gasteiger charge is -2.12. The van der Waals surface area contributed by atoms with Crippen LogP contribution in [0.5, 0.6) is 11.6 Å². The fourth-order valence-corrected chi connectivity index (χ4v) is 3.53. The highest BCUT2D eigenvalue weighted by Gasteiger charge is 2.17. The van der Waals surface area contributed by atoms with Gasteiger partial charge in [-0.05, 0) is 29.8 Å². The van der Waals surface area contributed by atoms with Gasteiger partial charge >= 0.3 is 5.97 Å². The highest BCUT2D eigenvalue weighted by atomic mass is 16.5. The van der Waals surface area contributed by atoms with Gasteiger partial charge in [0.1, 0.15) is 19.4 Å². The highest BCUT2D eigenvalue weighted by Crippen LogP contribution is 2.29. The van der Waals surface area contributed by atoms with Gasteiger partial charge in [-0.1, -0.05) is 30.3 Å². The van der Waals surface area contributed by atoms with Crippen LogP contribution in [0.2, 0.25) is 0 Å². The van der Waals surface area contributed by atoms with E-state index in [0.29, 0.717) is 11.4 Å². The predicted molar refractivity (Wildman–Crippen MR) is 126 cm³/mol. The first-order valence-corrected chi connectivity index (χ1v) is 10.1. The molecule has 3 aromatic heterocycles. The number of fused-ring (bicyclic) bond motifs is 2. The van der Waals surface area contributed by atoms with Gasteiger partial charge in [-0.15, -0.1) is 0 Å². The molecule has 160 valence electrons. The van der Waals surface area contributed by atoms with E-state index >= 15 is 0 Å². The minimum atomic E-state index is -0.316. The summed E-state index contributed by atoms with van der Waals surface area (Å²) in [4.78, 5) is 20.6. The van der Waals surface area contributed by atoms with Crippen molar-refractivity contribution in [2.75, 3.05) is 12.8 Å². The number of esters is 1. The van der Waals surface area contributed by atoms with Crippen LogP contribution < -0.4 is 15.9 Å². The molecule has 8 nitrogen and oxygen atoms in total. The van der Waals surface area contributed by atoms with Crippen molar-refractivity contribution in [2.24, 2.45) is 0 Å². The molecule has 0 unspecified atom stereocenters. The Kier molecular flexibility index (Phi) is 5.14. The van der Waals surface area contributed by atoms with Crippen LogP contribution in [0.25, 0.3) is 27.7 Å². The number of benzene rings is 2. The second-order valence-corrected chi connectivity index (χ2v) is 7.43. The average Bonchev–Trinajstić information content (AvgIpc) is 3.27. The fraction of sp³-hybridized carbons (Fsp3) is 0.0833. The number of carbonyl (C=O) groups is 1. The van der Waals surface area contributed by atoms with Gasteiger partial charge in [0.15, 0.2) is 5.65 Å². The summed E-state index contributed by atoms with van der Waals surface area (Å²) in [6.45, 7) is 0. The smallest absolute Gasteiger partial charge is 0.309 e. The standard InChI is InChI=1S/C24H18BN5O3/c1-32-20(31)10-14-6-8-17(9-7-14)33-24-21(25)22(26)30-23(29-24)18(13-28-30)16-11-15-4-2-3-5-19(15)27-12-16/h2-9,11-13H,10,26H2,1H3. The molecule has 0 spiro atoms. The summed E-state index contributed by atoms with van der Waals surface area (Å²) < 4.78 is 12.1. The molecule has 0 aliphatic carbocycles. The van der Waals surface area contributed by atoms with Gasteiger partial charge in [-0.25, -0.2) is 0 Å². The molecule has 5 aromatic rings. The number of nitrogens with zero attached hydrogens (tertiary/aromatic N) is 4. The van der Waals surface area contributed by atoms with Crippen LogP contribution in [0.4, 0.5) is 5.82 Å². The van der Waals surface area contributed by atoms with Gasteiger partial charge in [-0.3, -0.25) is 9.78 Å². The van der Waals surface area contributed by atoms with Crippen LogP contribution in [-0.2, 0) is 16.0 Å². The van der Waals surface area contributed by atoms with E-state index < -0.39 is 0 Å². The largest absolute Gasteiger partial charge is 0.469 e. The Morgan fingerprint density at radius 2 is 1.91 bits per heavy atom. The molecule has 5 rings (SSSR count). The molecule has 0 bridgehead atoms. The van der Waals surface area contributed by atoms with E-state index in [1.54, 1.807) is 36.7 Å². The number of rotatable bonds is 5. The number of ether oxygens (including phenoxy) is 2. The summed E-state index contributed by atoms with van der Waals surface area (Å²) in [6, 6.07) is 16.9. The zero-order chi connectivity index (χ0) is 22.9. The van der Waals surface area contributed by atoms with Gasteiger partial charge in [0.25, 0.3) is 0 Å². The lowest BCUT2D eigenvalue weighted by molar-refractivity contribution is -0.139. The third-order valence-corrected chi connectivity index (χ3v) is 5.30. The van der Waals surface area contributed by atoms with E-state index in [-0.39, 0.29) is 29.6 Å². The van der Waals surface area contributed by atoms with Crippen LogP contribution >= 0.6 is 0 Å². The van der Waals surface area contributed by atoms with Crippen molar-refractivity contribution in [1.82, 2.24) is 19.6 Å². The van der Waals surface area contributed by atoms with Crippen molar-refractivity contribution in [3.05, 3.63) is 72.6 Å². The van der Waals surface area contributed by atoms with Crippen molar-refractivity contribution < 1.29 is 14.3 Å². The Labute approximate surface area is 190 Å². The number of pyridine rings is 1. The minimum absolute atomic E-state index is 0.163. The summed E-state index contributed by atoms with van der Waals surface area (Å²) in [5.74, 6) is 0.567. The second-order valence-electron chi connectivity index (χ2n) is 7.43. The number of hydrogen-bond acceptors (Lipinski definition) is 7. The molecule has 33 heavy (non-hydrogen) atoms. The summed E-state index contributed by atoms with van der Waals surface area (Å²) in [5.41, 5.74) is 10.2. The van der Waals surface area contributed by atoms with E-state index in [0.717, 1.165) is 27.6 Å². The number of nitrogens with two attached hydrogens (primary N) is 1. The molecule has 0 fully saturated rings. The maximum atomic E-state index is 11.5. The Morgan fingerprint density at radius 3 is 2.70 bits per heavy atom. The average molecular weight is 435 g/mol. The monoisotopic (exact) mass is 435 g/mol. The van der Waals surface area contributed by atoms with Crippen LogP contribution in [0.1, 0.15) is 5.56 Å². The third kappa shape index (κ3) is 3.85. The Morgan fingerprint density at radius 1 is 1.12 bits per heavy atom. The van der Waals surface area contributed by atoms with Gasteiger partial charge < -0.3 is 15.2 Å². The molecular formula is C24H18BN5O3. The number of hydrogen-bond donors (Lipinski definition) is 1. The SMILES string of the molecule is [B]c1c(Oc2ccc(CC(=O)OC)cc2)nc2c(-c3cnc4ccccc4c3)cnn2c1N. The van der Waals surface area contributed by atoms with Crippen LogP contribution in [0.15, 0.2) is 67.0 Å². The maximum absolute atomic E-state index is 11.5. The third-order valence-electron chi connectivity index (χ3n) is 5.30. The zero-order valence-corrected chi connectivity index (χ0v) is 17.7. The molecule has 0 saturated heterocycles. The van der Waals surface area contributed by atoms with Gasteiger partial charge in [0, 0.05) is 28.2 Å². The lowest BCUT2D eigenvalue weighted by Crippen LogP contribution is -2.19. The molecule has 0 aliphatic rings. The summed E-state index contributed by atoms with van der Waals surface area (Å²) in [6.07, 6.45) is 3.62. The van der Waals surface area contributed by atoms with Crippen molar-refractivity contribution in [2.45, 2.75) is 6.42 Å². The summed E-state index contributed by atoms with van der Waals surface area (Å²) in [7, 11) is 7.54. The quantitative estimate of drug-likeness (QED) is 0.334.